The number of benzene rings is 1. The molecule has 0 saturated heterocycles. The number of hydrogen-bond acceptors (Lipinski definition) is 6. The summed E-state index contributed by atoms with van der Waals surface area (Å²) in [5.41, 5.74) is 1.15. The Balaban J connectivity index is 1.47. The van der Waals surface area contributed by atoms with Crippen molar-refractivity contribution in [1.29, 1.82) is 0 Å². The van der Waals surface area contributed by atoms with Crippen molar-refractivity contribution in [2.45, 2.75) is 13.1 Å². The molecule has 2 N–H and O–H groups in total. The van der Waals surface area contributed by atoms with Crippen molar-refractivity contribution >= 4 is 5.91 Å². The fraction of sp³-hybridized carbons (Fsp3) is 0.111. The number of carbonyl (C=O) groups is 1. The number of hydrogen-bond donors (Lipinski definition) is 2. The van der Waals surface area contributed by atoms with Crippen LogP contribution in [0.3, 0.4) is 0 Å². The van der Waals surface area contributed by atoms with Crippen LogP contribution < -0.4 is 10.9 Å². The summed E-state index contributed by atoms with van der Waals surface area (Å²) >= 11 is 0. The highest BCUT2D eigenvalue weighted by Crippen LogP contribution is 2.13. The van der Waals surface area contributed by atoms with Gasteiger partial charge < -0.3 is 10.3 Å². The van der Waals surface area contributed by atoms with E-state index in [1.165, 1.54) is 23.5 Å². The summed E-state index contributed by atoms with van der Waals surface area (Å²) in [5.74, 6) is -0.118. The Hall–Kier alpha value is -4.08. The van der Waals surface area contributed by atoms with E-state index < -0.39 is 11.5 Å². The van der Waals surface area contributed by atoms with E-state index in [9.17, 15) is 9.59 Å². The van der Waals surface area contributed by atoms with Crippen LogP contribution in [0.25, 0.3) is 5.69 Å². The number of rotatable bonds is 6. The van der Waals surface area contributed by atoms with Crippen LogP contribution in [0.2, 0.25) is 0 Å². The summed E-state index contributed by atoms with van der Waals surface area (Å²) in [6, 6.07) is 9.39. The molecule has 0 unspecified atom stereocenters. The maximum absolute atomic E-state index is 12.4. The molecule has 3 aromatic heterocycles. The van der Waals surface area contributed by atoms with E-state index in [0.29, 0.717) is 5.82 Å². The van der Waals surface area contributed by atoms with Gasteiger partial charge in [-0.05, 0) is 17.7 Å². The van der Waals surface area contributed by atoms with Gasteiger partial charge in [0.1, 0.15) is 30.6 Å². The summed E-state index contributed by atoms with van der Waals surface area (Å²) in [6.45, 7) is 0.503. The van der Waals surface area contributed by atoms with E-state index in [0.717, 1.165) is 11.3 Å². The molecule has 1 aromatic carbocycles. The lowest BCUT2D eigenvalue weighted by Crippen LogP contribution is -2.30. The molecule has 0 atom stereocenters. The monoisotopic (exact) mass is 376 g/mol. The molecule has 0 aliphatic carbocycles. The maximum Gasteiger partial charge on any atom is 0.263 e. The first kappa shape index (κ1) is 17.3. The minimum absolute atomic E-state index is 0.0566. The lowest BCUT2D eigenvalue weighted by atomic mass is 10.1. The van der Waals surface area contributed by atoms with Crippen molar-refractivity contribution in [2.24, 2.45) is 0 Å². The zero-order chi connectivity index (χ0) is 19.3. The number of carbonyl (C=O) groups excluding carboxylic acids is 1. The van der Waals surface area contributed by atoms with Crippen molar-refractivity contribution in [1.82, 2.24) is 39.8 Å². The van der Waals surface area contributed by atoms with E-state index in [-0.39, 0.29) is 18.7 Å². The second-order valence-corrected chi connectivity index (χ2v) is 5.93. The Morgan fingerprint density at radius 3 is 2.82 bits per heavy atom. The van der Waals surface area contributed by atoms with Gasteiger partial charge in [-0.3, -0.25) is 9.59 Å². The van der Waals surface area contributed by atoms with E-state index in [1.807, 2.05) is 36.5 Å². The number of amides is 1. The van der Waals surface area contributed by atoms with Crippen LogP contribution in [0.15, 0.2) is 66.4 Å². The Kier molecular flexibility index (Phi) is 4.74. The molecule has 0 fully saturated rings. The molecule has 10 nitrogen and oxygen atoms in total. The van der Waals surface area contributed by atoms with Gasteiger partial charge in [-0.15, -0.1) is 0 Å². The third-order valence-corrected chi connectivity index (χ3v) is 4.06. The number of nitrogens with zero attached hydrogens (tertiary/aromatic N) is 6. The van der Waals surface area contributed by atoms with Crippen molar-refractivity contribution in [3.05, 3.63) is 88.9 Å². The minimum Gasteiger partial charge on any atom is -0.348 e. The average Bonchev–Trinajstić information content (AvgIpc) is 3.41. The van der Waals surface area contributed by atoms with E-state index in [1.54, 1.807) is 10.9 Å². The van der Waals surface area contributed by atoms with Crippen LogP contribution in [0.4, 0.5) is 0 Å². The summed E-state index contributed by atoms with van der Waals surface area (Å²) in [7, 11) is 0. The van der Waals surface area contributed by atoms with Crippen molar-refractivity contribution in [2.75, 3.05) is 0 Å². The second-order valence-electron chi connectivity index (χ2n) is 5.93. The van der Waals surface area contributed by atoms with Gasteiger partial charge >= 0.3 is 0 Å². The fourth-order valence-corrected chi connectivity index (χ4v) is 2.71. The molecule has 1 amide bonds. The molecule has 0 aliphatic rings. The van der Waals surface area contributed by atoms with Crippen LogP contribution in [0, 0.1) is 0 Å². The molecule has 0 aliphatic heterocycles. The largest absolute Gasteiger partial charge is 0.348 e. The standard InChI is InChI=1S/C18H16N8O2/c27-17(14-9-20-16(24-18(14)28)10-25-12-19-11-23-25)21-8-13-4-1-2-5-15(13)26-7-3-6-22-26/h1-7,9,11-12H,8,10H2,(H,21,27)(H,20,24,28). The lowest BCUT2D eigenvalue weighted by molar-refractivity contribution is 0.0949. The van der Waals surface area contributed by atoms with E-state index in [2.05, 4.69) is 30.5 Å². The molecule has 0 saturated carbocycles. The normalized spacial score (nSPS) is 10.7. The summed E-state index contributed by atoms with van der Waals surface area (Å²) in [5, 5.41) is 10.9. The molecular formula is C18H16N8O2. The summed E-state index contributed by atoms with van der Waals surface area (Å²) in [6.07, 6.45) is 7.67. The number of aromatic amines is 1. The zero-order valence-electron chi connectivity index (χ0n) is 14.7. The Morgan fingerprint density at radius 1 is 1.18 bits per heavy atom. The molecular weight excluding hydrogens is 360 g/mol. The second kappa shape index (κ2) is 7.66. The zero-order valence-corrected chi connectivity index (χ0v) is 14.7. The predicted molar refractivity (Wildman–Crippen MR) is 98.7 cm³/mol. The first-order valence-electron chi connectivity index (χ1n) is 8.47. The molecule has 0 bridgehead atoms. The summed E-state index contributed by atoms with van der Waals surface area (Å²) < 4.78 is 3.24. The maximum atomic E-state index is 12.4. The van der Waals surface area contributed by atoms with Gasteiger partial charge in [0, 0.05) is 25.1 Å². The molecule has 0 spiro atoms. The molecule has 10 heteroatoms. The lowest BCUT2D eigenvalue weighted by Gasteiger charge is -2.10. The Labute approximate surface area is 158 Å². The predicted octanol–water partition coefficient (Wildman–Crippen LogP) is 0.525. The Bertz CT molecular complexity index is 1130. The number of para-hydroxylation sites is 1. The van der Waals surface area contributed by atoms with Crippen LogP contribution >= 0.6 is 0 Å². The van der Waals surface area contributed by atoms with Gasteiger partial charge in [0.05, 0.1) is 5.69 Å². The average molecular weight is 376 g/mol. The van der Waals surface area contributed by atoms with E-state index >= 15 is 0 Å². The van der Waals surface area contributed by atoms with Gasteiger partial charge in [0.15, 0.2) is 0 Å². The highest BCUT2D eigenvalue weighted by atomic mass is 16.2. The van der Waals surface area contributed by atoms with Gasteiger partial charge in [-0.25, -0.2) is 19.3 Å². The third kappa shape index (κ3) is 3.70. The molecule has 0 radical (unpaired) electrons. The minimum atomic E-state index is -0.511. The molecule has 3 heterocycles. The van der Waals surface area contributed by atoms with Gasteiger partial charge in [-0.1, -0.05) is 18.2 Å². The smallest absolute Gasteiger partial charge is 0.263 e. The first-order chi connectivity index (χ1) is 13.7. The highest BCUT2D eigenvalue weighted by molar-refractivity contribution is 5.93. The highest BCUT2D eigenvalue weighted by Gasteiger charge is 2.13. The van der Waals surface area contributed by atoms with Crippen LogP contribution in [-0.4, -0.2) is 40.4 Å². The first-order valence-corrected chi connectivity index (χ1v) is 8.47. The number of H-pyrrole nitrogens is 1. The fourth-order valence-electron chi connectivity index (χ4n) is 2.71. The van der Waals surface area contributed by atoms with Gasteiger partial charge in [0.25, 0.3) is 11.5 Å². The van der Waals surface area contributed by atoms with Gasteiger partial charge in [-0.2, -0.15) is 10.2 Å². The number of nitrogens with one attached hydrogen (secondary N) is 2. The van der Waals surface area contributed by atoms with Crippen molar-refractivity contribution in [3.8, 4) is 5.69 Å². The van der Waals surface area contributed by atoms with Crippen molar-refractivity contribution in [3.63, 3.8) is 0 Å². The third-order valence-electron chi connectivity index (χ3n) is 4.06. The molecule has 4 rings (SSSR count). The van der Waals surface area contributed by atoms with Crippen LogP contribution in [0.5, 0.6) is 0 Å². The molecule has 4 aromatic rings. The van der Waals surface area contributed by atoms with E-state index in [4.69, 9.17) is 0 Å². The number of aromatic nitrogens is 7. The SMILES string of the molecule is O=C(NCc1ccccc1-n1cccn1)c1cnc(Cn2cncn2)[nH]c1=O. The Morgan fingerprint density at radius 2 is 2.07 bits per heavy atom. The van der Waals surface area contributed by atoms with Crippen LogP contribution in [0.1, 0.15) is 21.7 Å². The topological polar surface area (TPSA) is 123 Å². The van der Waals surface area contributed by atoms with Gasteiger partial charge in [0.2, 0.25) is 0 Å². The van der Waals surface area contributed by atoms with Crippen molar-refractivity contribution < 1.29 is 4.79 Å². The quantitative estimate of drug-likeness (QED) is 0.506. The molecule has 28 heavy (non-hydrogen) atoms. The summed E-state index contributed by atoms with van der Waals surface area (Å²) in [4.78, 5) is 35.3. The van der Waals surface area contributed by atoms with Crippen LogP contribution in [-0.2, 0) is 13.1 Å². The molecule has 140 valence electrons.